The number of aliphatic hydroxyl groups is 1. The minimum Gasteiger partial charge on any atom is -0.493 e. The first-order valence-corrected chi connectivity index (χ1v) is 6.00. The molecule has 0 saturated carbocycles. The van der Waals surface area contributed by atoms with Crippen molar-refractivity contribution in [2.45, 2.75) is 20.0 Å². The second-order valence-corrected chi connectivity index (χ2v) is 4.32. The molecule has 0 saturated heterocycles. The Labute approximate surface area is 107 Å². The van der Waals surface area contributed by atoms with Crippen LogP contribution in [0.5, 0.6) is 5.75 Å². The van der Waals surface area contributed by atoms with Gasteiger partial charge in [-0.15, -0.1) is 0 Å². The van der Waals surface area contributed by atoms with Gasteiger partial charge < -0.3 is 14.4 Å². The Hall–Kier alpha value is -1.81. The molecule has 18 heavy (non-hydrogen) atoms. The summed E-state index contributed by atoms with van der Waals surface area (Å²) >= 11 is 0. The lowest BCUT2D eigenvalue weighted by atomic mass is 10.1. The maximum absolute atomic E-state index is 9.27. The molecule has 1 N–H and O–H groups in total. The van der Waals surface area contributed by atoms with Crippen LogP contribution in [0.1, 0.15) is 17.0 Å². The van der Waals surface area contributed by atoms with E-state index in [1.807, 2.05) is 42.9 Å². The molecule has 0 amide bonds. The maximum atomic E-state index is 9.27. The molecule has 0 bridgehead atoms. The predicted molar refractivity (Wildman–Crippen MR) is 69.5 cm³/mol. The topological polar surface area (TPSA) is 47.3 Å². The van der Waals surface area contributed by atoms with Gasteiger partial charge in [0, 0.05) is 31.4 Å². The predicted octanol–water partition coefficient (Wildman–Crippen LogP) is 1.84. The first kappa shape index (κ1) is 12.6. The van der Waals surface area contributed by atoms with E-state index < -0.39 is 0 Å². The van der Waals surface area contributed by atoms with E-state index in [9.17, 15) is 5.11 Å². The molecule has 0 aliphatic carbocycles. The minimum atomic E-state index is -0.000577. The number of aryl methyl sites for hydroxylation is 2. The summed E-state index contributed by atoms with van der Waals surface area (Å²) in [5.41, 5.74) is 1.95. The van der Waals surface area contributed by atoms with Crippen molar-refractivity contribution < 1.29 is 9.84 Å². The van der Waals surface area contributed by atoms with Crippen molar-refractivity contribution in [2.75, 3.05) is 6.61 Å². The highest BCUT2D eigenvalue weighted by atomic mass is 16.5. The van der Waals surface area contributed by atoms with E-state index in [1.54, 1.807) is 6.20 Å². The average Bonchev–Trinajstić information content (AvgIpc) is 2.77. The minimum absolute atomic E-state index is 0.000577. The zero-order valence-electron chi connectivity index (χ0n) is 10.8. The lowest BCUT2D eigenvalue weighted by molar-refractivity contribution is 0.263. The largest absolute Gasteiger partial charge is 0.493 e. The number of rotatable bonds is 5. The van der Waals surface area contributed by atoms with Crippen LogP contribution in [-0.2, 0) is 20.1 Å². The van der Waals surface area contributed by atoms with Crippen LogP contribution in [0.3, 0.4) is 0 Å². The number of imidazole rings is 1. The third kappa shape index (κ3) is 2.90. The first-order chi connectivity index (χ1) is 8.70. The molecule has 0 atom stereocenters. The summed E-state index contributed by atoms with van der Waals surface area (Å²) in [6, 6.07) is 5.82. The molecule has 0 aliphatic rings. The van der Waals surface area contributed by atoms with Gasteiger partial charge >= 0.3 is 0 Å². The zero-order chi connectivity index (χ0) is 13.0. The SMILES string of the molecule is Cc1ccc(OCCc2nccn2C)c(CO)c1. The van der Waals surface area contributed by atoms with E-state index >= 15 is 0 Å². The molecule has 2 aromatic rings. The van der Waals surface area contributed by atoms with Crippen molar-refractivity contribution in [1.82, 2.24) is 9.55 Å². The molecule has 1 heterocycles. The average molecular weight is 246 g/mol. The van der Waals surface area contributed by atoms with E-state index in [4.69, 9.17) is 4.74 Å². The third-order valence-corrected chi connectivity index (χ3v) is 2.89. The number of benzene rings is 1. The van der Waals surface area contributed by atoms with Gasteiger partial charge in [0.25, 0.3) is 0 Å². The summed E-state index contributed by atoms with van der Waals surface area (Å²) in [5, 5.41) is 9.27. The molecule has 96 valence electrons. The zero-order valence-corrected chi connectivity index (χ0v) is 10.8. The summed E-state index contributed by atoms with van der Waals surface area (Å²) in [4.78, 5) is 4.24. The molecule has 0 aliphatic heterocycles. The van der Waals surface area contributed by atoms with Crippen molar-refractivity contribution in [2.24, 2.45) is 7.05 Å². The molecule has 0 unspecified atom stereocenters. The van der Waals surface area contributed by atoms with Gasteiger partial charge in [0.1, 0.15) is 11.6 Å². The summed E-state index contributed by atoms with van der Waals surface area (Å²) in [5.74, 6) is 1.74. The Morgan fingerprint density at radius 2 is 2.22 bits per heavy atom. The van der Waals surface area contributed by atoms with Crippen LogP contribution in [0.4, 0.5) is 0 Å². The van der Waals surface area contributed by atoms with E-state index in [-0.39, 0.29) is 6.61 Å². The molecule has 0 fully saturated rings. The smallest absolute Gasteiger partial charge is 0.124 e. The number of aromatic nitrogens is 2. The number of nitrogens with zero attached hydrogens (tertiary/aromatic N) is 2. The van der Waals surface area contributed by atoms with Gasteiger partial charge in [-0.05, 0) is 13.0 Å². The summed E-state index contributed by atoms with van der Waals surface area (Å²) in [6.07, 6.45) is 4.45. The fourth-order valence-corrected chi connectivity index (χ4v) is 1.86. The highest BCUT2D eigenvalue weighted by molar-refractivity contribution is 5.36. The molecule has 4 heteroatoms. The fourth-order valence-electron chi connectivity index (χ4n) is 1.86. The number of ether oxygens (including phenoxy) is 1. The van der Waals surface area contributed by atoms with Gasteiger partial charge in [-0.1, -0.05) is 17.7 Å². The molecule has 0 spiro atoms. The molecular weight excluding hydrogens is 228 g/mol. The van der Waals surface area contributed by atoms with Crippen molar-refractivity contribution in [3.8, 4) is 5.75 Å². The Morgan fingerprint density at radius 3 is 2.89 bits per heavy atom. The van der Waals surface area contributed by atoms with Crippen LogP contribution < -0.4 is 4.74 Å². The van der Waals surface area contributed by atoms with Crippen LogP contribution in [0, 0.1) is 6.92 Å². The van der Waals surface area contributed by atoms with Crippen molar-refractivity contribution >= 4 is 0 Å². The van der Waals surface area contributed by atoms with Crippen LogP contribution in [-0.4, -0.2) is 21.3 Å². The molecule has 1 aromatic heterocycles. The Morgan fingerprint density at radius 1 is 1.39 bits per heavy atom. The summed E-state index contributed by atoms with van der Waals surface area (Å²) in [7, 11) is 1.97. The van der Waals surface area contributed by atoms with E-state index in [0.29, 0.717) is 6.61 Å². The highest BCUT2D eigenvalue weighted by Crippen LogP contribution is 2.20. The van der Waals surface area contributed by atoms with Gasteiger partial charge in [0.05, 0.1) is 13.2 Å². The van der Waals surface area contributed by atoms with Gasteiger partial charge in [-0.3, -0.25) is 0 Å². The Kier molecular flexibility index (Phi) is 3.99. The first-order valence-electron chi connectivity index (χ1n) is 6.00. The Bertz CT molecular complexity index is 520. The molecule has 4 nitrogen and oxygen atoms in total. The fraction of sp³-hybridized carbons (Fsp3) is 0.357. The number of aliphatic hydroxyl groups excluding tert-OH is 1. The Balaban J connectivity index is 1.96. The normalized spacial score (nSPS) is 10.6. The standard InChI is InChI=1S/C14H18N2O2/c1-11-3-4-13(12(9-11)10-17)18-8-5-14-15-6-7-16(14)2/h3-4,6-7,9,17H,5,8,10H2,1-2H3. The van der Waals surface area contributed by atoms with Crippen molar-refractivity contribution in [3.63, 3.8) is 0 Å². The van der Waals surface area contributed by atoms with Gasteiger partial charge in [-0.25, -0.2) is 4.98 Å². The highest BCUT2D eigenvalue weighted by Gasteiger charge is 2.04. The second kappa shape index (κ2) is 5.69. The quantitative estimate of drug-likeness (QED) is 0.875. The lowest BCUT2D eigenvalue weighted by Crippen LogP contribution is -2.07. The number of hydrogen-bond acceptors (Lipinski definition) is 3. The molecule has 1 aromatic carbocycles. The van der Waals surface area contributed by atoms with Crippen LogP contribution in [0.25, 0.3) is 0 Å². The van der Waals surface area contributed by atoms with Crippen LogP contribution in [0.2, 0.25) is 0 Å². The second-order valence-electron chi connectivity index (χ2n) is 4.32. The number of hydrogen-bond donors (Lipinski definition) is 1. The summed E-state index contributed by atoms with van der Waals surface area (Å²) < 4.78 is 7.68. The van der Waals surface area contributed by atoms with Gasteiger partial charge in [0.15, 0.2) is 0 Å². The van der Waals surface area contributed by atoms with Crippen molar-refractivity contribution in [3.05, 3.63) is 47.5 Å². The molecule has 0 radical (unpaired) electrons. The van der Waals surface area contributed by atoms with Crippen molar-refractivity contribution in [1.29, 1.82) is 0 Å². The van der Waals surface area contributed by atoms with Gasteiger partial charge in [-0.2, -0.15) is 0 Å². The summed E-state index contributed by atoms with van der Waals surface area (Å²) in [6.45, 7) is 2.55. The molecular formula is C14H18N2O2. The van der Waals surface area contributed by atoms with Gasteiger partial charge in [0.2, 0.25) is 0 Å². The monoisotopic (exact) mass is 246 g/mol. The van der Waals surface area contributed by atoms with E-state index in [0.717, 1.165) is 29.1 Å². The van der Waals surface area contributed by atoms with E-state index in [1.165, 1.54) is 0 Å². The maximum Gasteiger partial charge on any atom is 0.124 e. The lowest BCUT2D eigenvalue weighted by Gasteiger charge is -2.10. The van der Waals surface area contributed by atoms with E-state index in [2.05, 4.69) is 4.98 Å². The third-order valence-electron chi connectivity index (χ3n) is 2.89. The molecule has 2 rings (SSSR count). The van der Waals surface area contributed by atoms with Crippen LogP contribution >= 0.6 is 0 Å². The van der Waals surface area contributed by atoms with Crippen LogP contribution in [0.15, 0.2) is 30.6 Å².